The largest absolute Gasteiger partial charge is 0.293 e. The molecule has 1 aromatic carbocycles. The minimum Gasteiger partial charge on any atom is -0.293 e. The van der Waals surface area contributed by atoms with Crippen LogP contribution in [0.5, 0.6) is 0 Å². The second kappa shape index (κ2) is 8.52. The van der Waals surface area contributed by atoms with Crippen molar-refractivity contribution in [3.05, 3.63) is 69.3 Å². The molecule has 0 saturated heterocycles. The summed E-state index contributed by atoms with van der Waals surface area (Å²) < 4.78 is 0. The van der Waals surface area contributed by atoms with Gasteiger partial charge < -0.3 is 0 Å². The fourth-order valence-electron chi connectivity index (χ4n) is 3.20. The number of nitrogens with zero attached hydrogens (tertiary/aromatic N) is 2. The van der Waals surface area contributed by atoms with Gasteiger partial charge in [-0.05, 0) is 79.9 Å². The lowest BCUT2D eigenvalue weighted by atomic mass is 9.88. The highest BCUT2D eigenvalue weighted by molar-refractivity contribution is 6.35. The van der Waals surface area contributed by atoms with E-state index >= 15 is 0 Å². The fourth-order valence-corrected chi connectivity index (χ4v) is 3.44. The molecule has 0 N–H and O–H groups in total. The number of hydrogen-bond acceptors (Lipinski definition) is 2. The van der Waals surface area contributed by atoms with E-state index in [-0.39, 0.29) is 5.92 Å². The van der Waals surface area contributed by atoms with Gasteiger partial charge in [-0.15, -0.1) is 0 Å². The summed E-state index contributed by atoms with van der Waals surface area (Å²) in [5.74, 6) is 0.713. The minimum absolute atomic E-state index is 0.188. The molecule has 0 bridgehead atoms. The van der Waals surface area contributed by atoms with Crippen molar-refractivity contribution < 1.29 is 0 Å². The van der Waals surface area contributed by atoms with Gasteiger partial charge in [0.05, 0.1) is 16.7 Å². The molecule has 0 spiro atoms. The molecule has 1 aliphatic carbocycles. The summed E-state index contributed by atoms with van der Waals surface area (Å²) in [5, 5.41) is 9.92. The molecule has 1 saturated carbocycles. The maximum Gasteiger partial charge on any atom is 0.0991 e. The van der Waals surface area contributed by atoms with Crippen LogP contribution in [0.3, 0.4) is 0 Å². The second-order valence-corrected chi connectivity index (χ2v) is 7.52. The lowest BCUT2D eigenvalue weighted by Crippen LogP contribution is -2.08. The number of hydrogen-bond donors (Lipinski definition) is 0. The lowest BCUT2D eigenvalue weighted by Gasteiger charge is -2.18. The summed E-state index contributed by atoms with van der Waals surface area (Å²) in [6.07, 6.45) is 4.66. The van der Waals surface area contributed by atoms with Gasteiger partial charge in [0.25, 0.3) is 0 Å². The predicted octanol–water partition coefficient (Wildman–Crippen LogP) is 6.47. The number of halogens is 1. The molecule has 1 aliphatic rings. The second-order valence-electron chi connectivity index (χ2n) is 7.15. The van der Waals surface area contributed by atoms with E-state index < -0.39 is 0 Å². The SMILES string of the molecule is C=C(C)/C(Cl)=C(C(C)=NC)/C(=C\C(C)c1cc(C#N)ccc1C)C1CC1. The van der Waals surface area contributed by atoms with Crippen molar-refractivity contribution in [3.63, 3.8) is 0 Å². The average molecular weight is 367 g/mol. The van der Waals surface area contributed by atoms with Crippen molar-refractivity contribution in [3.8, 4) is 6.07 Å². The third-order valence-electron chi connectivity index (χ3n) is 4.93. The van der Waals surface area contributed by atoms with Crippen LogP contribution in [0.25, 0.3) is 0 Å². The van der Waals surface area contributed by atoms with Crippen LogP contribution in [-0.4, -0.2) is 12.8 Å². The molecule has 2 nitrogen and oxygen atoms in total. The van der Waals surface area contributed by atoms with E-state index in [1.165, 1.54) is 29.5 Å². The van der Waals surface area contributed by atoms with Crippen LogP contribution >= 0.6 is 11.6 Å². The van der Waals surface area contributed by atoms with Gasteiger partial charge in [0.2, 0.25) is 0 Å². The van der Waals surface area contributed by atoms with Gasteiger partial charge in [0, 0.05) is 18.3 Å². The molecule has 0 aliphatic heterocycles. The number of benzene rings is 1. The molecular formula is C23H27ClN2. The number of rotatable bonds is 6. The van der Waals surface area contributed by atoms with E-state index in [2.05, 4.69) is 37.6 Å². The Bertz CT molecular complexity index is 845. The van der Waals surface area contributed by atoms with Crippen LogP contribution in [0.1, 0.15) is 56.2 Å². The maximum absolute atomic E-state index is 9.23. The normalized spacial score (nSPS) is 17.4. The molecule has 136 valence electrons. The van der Waals surface area contributed by atoms with Crippen molar-refractivity contribution >= 4 is 17.3 Å². The summed E-state index contributed by atoms with van der Waals surface area (Å²) >= 11 is 6.65. The van der Waals surface area contributed by atoms with Crippen molar-refractivity contribution in [1.29, 1.82) is 5.26 Å². The third kappa shape index (κ3) is 4.54. The Hall–Kier alpha value is -2.11. The molecule has 0 aromatic heterocycles. The van der Waals surface area contributed by atoms with E-state index in [1.54, 1.807) is 7.05 Å². The first-order chi connectivity index (χ1) is 12.3. The first-order valence-electron chi connectivity index (χ1n) is 9.02. The number of nitriles is 1. The summed E-state index contributed by atoms with van der Waals surface area (Å²) in [4.78, 5) is 4.40. The Labute approximate surface area is 162 Å². The first kappa shape index (κ1) is 20.2. The predicted molar refractivity (Wildman–Crippen MR) is 112 cm³/mol. The summed E-state index contributed by atoms with van der Waals surface area (Å²) in [6, 6.07) is 8.12. The summed E-state index contributed by atoms with van der Waals surface area (Å²) in [6.45, 7) is 12.2. The number of aryl methyl sites for hydroxylation is 1. The lowest BCUT2D eigenvalue weighted by molar-refractivity contribution is 0.909. The summed E-state index contributed by atoms with van der Waals surface area (Å²) in [5.41, 5.74) is 7.14. The fraction of sp³-hybridized carbons (Fsp3) is 0.391. The van der Waals surface area contributed by atoms with Gasteiger partial charge >= 0.3 is 0 Å². The Morgan fingerprint density at radius 1 is 1.38 bits per heavy atom. The van der Waals surface area contributed by atoms with Gasteiger partial charge in [-0.1, -0.05) is 37.2 Å². The maximum atomic E-state index is 9.23. The topological polar surface area (TPSA) is 36.1 Å². The molecule has 1 unspecified atom stereocenters. The zero-order chi connectivity index (χ0) is 19.4. The highest BCUT2D eigenvalue weighted by Crippen LogP contribution is 2.44. The van der Waals surface area contributed by atoms with Gasteiger partial charge in [0.1, 0.15) is 0 Å². The van der Waals surface area contributed by atoms with E-state index in [4.69, 9.17) is 11.6 Å². The molecule has 0 radical (unpaired) electrons. The van der Waals surface area contributed by atoms with Crippen LogP contribution in [-0.2, 0) is 0 Å². The van der Waals surface area contributed by atoms with Gasteiger partial charge in [-0.2, -0.15) is 5.26 Å². The van der Waals surface area contributed by atoms with Gasteiger partial charge in [-0.25, -0.2) is 0 Å². The minimum atomic E-state index is 0.188. The van der Waals surface area contributed by atoms with Crippen molar-refractivity contribution in [2.45, 2.75) is 46.5 Å². The molecule has 0 heterocycles. The standard InChI is InChI=1S/C23H27ClN2/c1-14(2)23(24)22(17(5)26-6)21(19-9-10-19)11-16(4)20-12-18(13-25)8-7-15(20)3/h7-8,11-12,16,19H,1,9-10H2,2-6H3/b21-11-,23-22-,26-17?. The van der Waals surface area contributed by atoms with E-state index in [0.29, 0.717) is 16.5 Å². The Morgan fingerprint density at radius 3 is 2.54 bits per heavy atom. The Morgan fingerprint density at radius 2 is 2.04 bits per heavy atom. The number of aliphatic imine (C=N–C) groups is 1. The molecule has 2 rings (SSSR count). The third-order valence-corrected chi connectivity index (χ3v) is 5.44. The van der Waals surface area contributed by atoms with E-state index in [1.807, 2.05) is 32.0 Å². The molecular weight excluding hydrogens is 340 g/mol. The van der Waals surface area contributed by atoms with Crippen LogP contribution in [0, 0.1) is 24.2 Å². The first-order valence-corrected chi connectivity index (χ1v) is 9.40. The van der Waals surface area contributed by atoms with Crippen molar-refractivity contribution in [1.82, 2.24) is 0 Å². The zero-order valence-corrected chi connectivity index (χ0v) is 17.1. The molecule has 0 amide bonds. The molecule has 1 atom stereocenters. The highest BCUT2D eigenvalue weighted by atomic mass is 35.5. The molecule has 26 heavy (non-hydrogen) atoms. The van der Waals surface area contributed by atoms with E-state index in [0.717, 1.165) is 16.9 Å². The van der Waals surface area contributed by atoms with Crippen LogP contribution in [0.15, 0.2) is 57.6 Å². The van der Waals surface area contributed by atoms with Crippen LogP contribution < -0.4 is 0 Å². The Balaban J connectivity index is 2.58. The number of allylic oxidation sites excluding steroid dienone is 5. The van der Waals surface area contributed by atoms with Crippen molar-refractivity contribution in [2.75, 3.05) is 7.05 Å². The van der Waals surface area contributed by atoms with Crippen LogP contribution in [0.2, 0.25) is 0 Å². The van der Waals surface area contributed by atoms with Gasteiger partial charge in [-0.3, -0.25) is 4.99 Å². The van der Waals surface area contributed by atoms with Crippen molar-refractivity contribution in [2.24, 2.45) is 10.9 Å². The molecule has 1 aromatic rings. The van der Waals surface area contributed by atoms with Crippen LogP contribution in [0.4, 0.5) is 0 Å². The average Bonchev–Trinajstić information content (AvgIpc) is 3.45. The monoisotopic (exact) mass is 366 g/mol. The summed E-state index contributed by atoms with van der Waals surface area (Å²) in [7, 11) is 1.80. The Kier molecular flexibility index (Phi) is 6.62. The zero-order valence-electron chi connectivity index (χ0n) is 16.4. The highest BCUT2D eigenvalue weighted by Gasteiger charge is 2.31. The smallest absolute Gasteiger partial charge is 0.0991 e. The van der Waals surface area contributed by atoms with Gasteiger partial charge in [0.15, 0.2) is 0 Å². The quantitative estimate of drug-likeness (QED) is 0.420. The molecule has 3 heteroatoms. The van der Waals surface area contributed by atoms with E-state index in [9.17, 15) is 5.26 Å². The molecule has 1 fully saturated rings.